The Morgan fingerprint density at radius 1 is 0.397 bits per heavy atom. The molecule has 1 atom stereocenters. The van der Waals surface area contributed by atoms with Gasteiger partial charge in [-0.2, -0.15) is 0 Å². The molecule has 0 aliphatic carbocycles. The molecule has 332 valence electrons. The summed E-state index contributed by atoms with van der Waals surface area (Å²) in [6.07, 6.45) is 57.9. The van der Waals surface area contributed by atoms with E-state index in [1.165, 1.54) is 96.3 Å². The number of carbonyl (C=O) groups excluding carboxylic acids is 3. The lowest BCUT2D eigenvalue weighted by atomic mass is 10.0. The van der Waals surface area contributed by atoms with E-state index >= 15 is 0 Å². The van der Waals surface area contributed by atoms with Gasteiger partial charge in [0.1, 0.15) is 13.2 Å². The maximum atomic E-state index is 12.7. The fourth-order valence-corrected chi connectivity index (χ4v) is 6.50. The molecular formula is C52H88O6. The molecule has 0 amide bonds. The Morgan fingerprint density at radius 2 is 0.810 bits per heavy atom. The maximum absolute atomic E-state index is 12.7. The minimum atomic E-state index is -0.817. The Bertz CT molecular complexity index is 1110. The van der Waals surface area contributed by atoms with Crippen molar-refractivity contribution in [3.63, 3.8) is 0 Å². The van der Waals surface area contributed by atoms with Crippen molar-refractivity contribution in [2.45, 2.75) is 226 Å². The maximum Gasteiger partial charge on any atom is 0.309 e. The van der Waals surface area contributed by atoms with Gasteiger partial charge in [0.2, 0.25) is 0 Å². The van der Waals surface area contributed by atoms with Gasteiger partial charge >= 0.3 is 17.9 Å². The van der Waals surface area contributed by atoms with Crippen LogP contribution < -0.4 is 0 Å². The van der Waals surface area contributed by atoms with Crippen LogP contribution in [0.3, 0.4) is 0 Å². The zero-order valence-corrected chi connectivity index (χ0v) is 37.8. The highest BCUT2D eigenvalue weighted by molar-refractivity contribution is 5.72. The minimum Gasteiger partial charge on any atom is -0.462 e. The Labute approximate surface area is 357 Å². The molecule has 0 bridgehead atoms. The molecule has 0 heterocycles. The molecule has 0 aromatic rings. The van der Waals surface area contributed by atoms with Crippen LogP contribution in [0.25, 0.3) is 0 Å². The number of rotatable bonds is 42. The van der Waals surface area contributed by atoms with E-state index in [1.54, 1.807) is 6.08 Å². The number of unbranched alkanes of at least 4 members (excludes halogenated alkanes) is 22. The first-order valence-corrected chi connectivity index (χ1v) is 24.0. The molecule has 58 heavy (non-hydrogen) atoms. The van der Waals surface area contributed by atoms with Crippen LogP contribution in [0.4, 0.5) is 0 Å². The van der Waals surface area contributed by atoms with Crippen LogP contribution >= 0.6 is 0 Å². The van der Waals surface area contributed by atoms with E-state index in [0.717, 1.165) is 83.5 Å². The third-order valence-electron chi connectivity index (χ3n) is 10.1. The summed E-state index contributed by atoms with van der Waals surface area (Å²) >= 11 is 0. The van der Waals surface area contributed by atoms with Gasteiger partial charge in [0.25, 0.3) is 0 Å². The second-order valence-electron chi connectivity index (χ2n) is 15.7. The molecule has 0 N–H and O–H groups in total. The number of hydrogen-bond acceptors (Lipinski definition) is 6. The van der Waals surface area contributed by atoms with Crippen LogP contribution in [0.2, 0.25) is 0 Å². The smallest absolute Gasteiger partial charge is 0.309 e. The predicted octanol–water partition coefficient (Wildman–Crippen LogP) is 15.5. The molecule has 0 spiro atoms. The lowest BCUT2D eigenvalue weighted by Gasteiger charge is -2.18. The summed E-state index contributed by atoms with van der Waals surface area (Å²) in [5, 5.41) is 0. The molecule has 0 aliphatic rings. The lowest BCUT2D eigenvalue weighted by Crippen LogP contribution is -2.30. The summed E-state index contributed by atoms with van der Waals surface area (Å²) in [5.41, 5.74) is 0. The zero-order chi connectivity index (χ0) is 42.3. The number of allylic oxidation sites excluding steroid dienone is 11. The molecular weight excluding hydrogens is 721 g/mol. The highest BCUT2D eigenvalue weighted by atomic mass is 16.6. The van der Waals surface area contributed by atoms with E-state index in [9.17, 15) is 14.4 Å². The summed E-state index contributed by atoms with van der Waals surface area (Å²) < 4.78 is 16.6. The van der Waals surface area contributed by atoms with Crippen LogP contribution in [0.5, 0.6) is 0 Å². The molecule has 0 fully saturated rings. The Hall–Kier alpha value is -3.15. The first-order chi connectivity index (χ1) is 28.5. The Morgan fingerprint density at radius 3 is 1.33 bits per heavy atom. The van der Waals surface area contributed by atoms with E-state index in [0.29, 0.717) is 6.42 Å². The van der Waals surface area contributed by atoms with Crippen molar-refractivity contribution in [1.29, 1.82) is 0 Å². The first kappa shape index (κ1) is 54.9. The molecule has 0 radical (unpaired) electrons. The van der Waals surface area contributed by atoms with Gasteiger partial charge in [-0.05, 0) is 51.4 Å². The number of hydrogen-bond donors (Lipinski definition) is 0. The summed E-state index contributed by atoms with van der Waals surface area (Å²) in [4.78, 5) is 37.7. The van der Waals surface area contributed by atoms with Gasteiger partial charge < -0.3 is 14.2 Å². The fourth-order valence-electron chi connectivity index (χ4n) is 6.50. The Balaban J connectivity index is 4.36. The summed E-state index contributed by atoms with van der Waals surface area (Å²) in [6.45, 7) is 6.27. The van der Waals surface area contributed by atoms with E-state index < -0.39 is 12.1 Å². The molecule has 0 saturated heterocycles. The largest absolute Gasteiger partial charge is 0.462 e. The molecule has 0 aliphatic heterocycles. The Kier molecular flexibility index (Phi) is 44.0. The predicted molar refractivity (Wildman–Crippen MR) is 247 cm³/mol. The monoisotopic (exact) mass is 809 g/mol. The van der Waals surface area contributed by atoms with Crippen LogP contribution in [-0.2, 0) is 28.6 Å². The zero-order valence-electron chi connectivity index (χ0n) is 37.8. The molecule has 0 aromatic carbocycles. The fraction of sp³-hybridized carbons (Fsp3) is 0.712. The number of ether oxygens (including phenoxy) is 3. The minimum absolute atomic E-state index is 0.110. The molecule has 6 heteroatoms. The van der Waals surface area contributed by atoms with Crippen molar-refractivity contribution in [3.8, 4) is 0 Å². The quantitative estimate of drug-likeness (QED) is 0.0201. The topological polar surface area (TPSA) is 78.9 Å². The molecule has 1 unspecified atom stereocenters. The molecule has 0 saturated carbocycles. The van der Waals surface area contributed by atoms with Gasteiger partial charge in [0, 0.05) is 12.8 Å². The van der Waals surface area contributed by atoms with E-state index in [-0.39, 0.29) is 38.0 Å². The second kappa shape index (κ2) is 46.5. The average molecular weight is 809 g/mol. The number of carbonyl (C=O) groups is 3. The van der Waals surface area contributed by atoms with Gasteiger partial charge in [0.15, 0.2) is 6.10 Å². The number of esters is 3. The lowest BCUT2D eigenvalue weighted by molar-refractivity contribution is -0.166. The van der Waals surface area contributed by atoms with E-state index in [4.69, 9.17) is 14.2 Å². The highest BCUT2D eigenvalue weighted by Crippen LogP contribution is 2.15. The summed E-state index contributed by atoms with van der Waals surface area (Å²) in [5.74, 6) is -1.06. The summed E-state index contributed by atoms with van der Waals surface area (Å²) in [6, 6.07) is 0. The SMILES string of the molecule is CC\C=C/C=C\C=C/CCCCCCCC(=O)OC(COC(=O)C/C=C\C/C=C\C/C=C\CC)COC(=O)CCCCCCCCCCCCCCCCCCCC. The van der Waals surface area contributed by atoms with Crippen molar-refractivity contribution >= 4 is 17.9 Å². The van der Waals surface area contributed by atoms with Crippen molar-refractivity contribution in [1.82, 2.24) is 0 Å². The standard InChI is InChI=1S/C52H88O6/c1-4-7-10-13-16-19-21-23-24-25-26-27-29-30-33-36-39-42-45-51(54)57-48-49(47-56-50(53)44-41-38-35-32-18-15-12-9-6-3)58-52(55)46-43-40-37-34-31-28-22-20-17-14-11-8-5-2/h8-9,11-12,14,17-18,20,22,32,38,41,49H,4-7,10,13,15-16,19,21,23-31,33-37,39-40,42-48H2,1-3H3/b11-8-,12-9-,17-14-,22-20-,32-18-,41-38-. The van der Waals surface area contributed by atoms with Gasteiger partial charge in [-0.15, -0.1) is 0 Å². The van der Waals surface area contributed by atoms with Crippen molar-refractivity contribution in [2.24, 2.45) is 0 Å². The molecule has 0 aromatic heterocycles. The van der Waals surface area contributed by atoms with Crippen molar-refractivity contribution < 1.29 is 28.6 Å². The van der Waals surface area contributed by atoms with Crippen LogP contribution in [0, 0.1) is 0 Å². The van der Waals surface area contributed by atoms with Crippen LogP contribution in [0.15, 0.2) is 72.9 Å². The average Bonchev–Trinajstić information content (AvgIpc) is 3.22. The molecule has 6 nitrogen and oxygen atoms in total. The highest BCUT2D eigenvalue weighted by Gasteiger charge is 2.19. The first-order valence-electron chi connectivity index (χ1n) is 24.0. The van der Waals surface area contributed by atoms with E-state index in [2.05, 4.69) is 75.5 Å². The van der Waals surface area contributed by atoms with Crippen LogP contribution in [0.1, 0.15) is 220 Å². The normalized spacial score (nSPS) is 12.7. The van der Waals surface area contributed by atoms with Gasteiger partial charge in [0.05, 0.1) is 6.42 Å². The van der Waals surface area contributed by atoms with Crippen molar-refractivity contribution in [3.05, 3.63) is 72.9 Å². The third kappa shape index (κ3) is 44.0. The summed E-state index contributed by atoms with van der Waals surface area (Å²) in [7, 11) is 0. The van der Waals surface area contributed by atoms with E-state index in [1.807, 2.05) is 12.2 Å². The third-order valence-corrected chi connectivity index (χ3v) is 10.1. The van der Waals surface area contributed by atoms with Gasteiger partial charge in [-0.1, -0.05) is 222 Å². The van der Waals surface area contributed by atoms with Gasteiger partial charge in [-0.25, -0.2) is 0 Å². The van der Waals surface area contributed by atoms with Gasteiger partial charge in [-0.3, -0.25) is 14.4 Å². The second-order valence-corrected chi connectivity index (χ2v) is 15.7. The molecule has 0 rings (SSSR count). The van der Waals surface area contributed by atoms with Crippen molar-refractivity contribution in [2.75, 3.05) is 13.2 Å². The van der Waals surface area contributed by atoms with Crippen LogP contribution in [-0.4, -0.2) is 37.2 Å².